The maximum atomic E-state index is 12.4. The third-order valence-electron chi connectivity index (χ3n) is 2.56. The molecule has 0 aliphatic rings. The minimum absolute atomic E-state index is 0.325. The van der Waals surface area contributed by atoms with Crippen molar-refractivity contribution in [1.29, 1.82) is 0 Å². The summed E-state index contributed by atoms with van der Waals surface area (Å²) in [7, 11) is 0. The molecule has 0 aliphatic heterocycles. The molecule has 21 heavy (non-hydrogen) atoms. The van der Waals surface area contributed by atoms with E-state index in [1.807, 2.05) is 0 Å². The van der Waals surface area contributed by atoms with Gasteiger partial charge < -0.3 is 9.84 Å². The first kappa shape index (κ1) is 14.8. The number of para-hydroxylation sites is 1. The fourth-order valence-corrected chi connectivity index (χ4v) is 1.48. The smallest absolute Gasteiger partial charge is 0.405 e. The van der Waals surface area contributed by atoms with Crippen molar-refractivity contribution in [2.24, 2.45) is 5.92 Å². The van der Waals surface area contributed by atoms with Crippen LogP contribution in [0.25, 0.3) is 5.69 Å². The van der Waals surface area contributed by atoms with Gasteiger partial charge in [-0.1, -0.05) is 18.2 Å². The highest BCUT2D eigenvalue weighted by Crippen LogP contribution is 2.26. The quantitative estimate of drug-likeness (QED) is 0.912. The molecule has 112 valence electrons. The van der Waals surface area contributed by atoms with Crippen LogP contribution >= 0.6 is 0 Å². The van der Waals surface area contributed by atoms with Gasteiger partial charge in [0.05, 0.1) is 5.69 Å². The van der Waals surface area contributed by atoms with Crippen molar-refractivity contribution in [3.63, 3.8) is 0 Å². The van der Waals surface area contributed by atoms with Crippen LogP contribution in [-0.4, -0.2) is 38.6 Å². The van der Waals surface area contributed by atoms with Gasteiger partial charge in [-0.2, -0.15) is 18.2 Å². The largest absolute Gasteiger partial charge is 0.481 e. The molecular weight excluding hydrogens is 291 g/mol. The Balaban J connectivity index is 2.05. The number of alkyl halides is 3. The molecule has 0 fully saturated rings. The van der Waals surface area contributed by atoms with Gasteiger partial charge in [-0.25, -0.2) is 4.68 Å². The Bertz CT molecular complexity index is 613. The molecule has 2 aromatic rings. The molecule has 1 aromatic heterocycles. The van der Waals surface area contributed by atoms with Gasteiger partial charge in [-0.05, 0) is 12.1 Å². The highest BCUT2D eigenvalue weighted by Gasteiger charge is 2.46. The number of benzene rings is 1. The summed E-state index contributed by atoms with van der Waals surface area (Å²) in [6.45, 7) is -1.09. The van der Waals surface area contributed by atoms with Crippen molar-refractivity contribution < 1.29 is 27.8 Å². The summed E-state index contributed by atoms with van der Waals surface area (Å²) in [5.41, 5.74) is 0.644. The van der Waals surface area contributed by atoms with Crippen LogP contribution in [0.2, 0.25) is 0 Å². The van der Waals surface area contributed by atoms with Crippen LogP contribution in [0, 0.1) is 5.92 Å². The first-order valence-electron chi connectivity index (χ1n) is 5.77. The van der Waals surface area contributed by atoms with Crippen LogP contribution in [-0.2, 0) is 4.79 Å². The first-order valence-corrected chi connectivity index (χ1v) is 5.77. The number of carboxylic acid groups (broad SMARTS) is 1. The minimum Gasteiger partial charge on any atom is -0.481 e. The van der Waals surface area contributed by atoms with E-state index in [-0.39, 0.29) is 6.01 Å². The summed E-state index contributed by atoms with van der Waals surface area (Å²) >= 11 is 0. The Hall–Kier alpha value is -2.58. The van der Waals surface area contributed by atoms with Gasteiger partial charge in [-0.3, -0.25) is 4.79 Å². The van der Waals surface area contributed by atoms with Gasteiger partial charge in [0.25, 0.3) is 0 Å². The number of nitrogens with zero attached hydrogens (tertiary/aromatic N) is 3. The van der Waals surface area contributed by atoms with E-state index in [4.69, 9.17) is 9.84 Å². The third kappa shape index (κ3) is 3.71. The topological polar surface area (TPSA) is 77.2 Å². The Morgan fingerprint density at radius 2 is 2.00 bits per heavy atom. The van der Waals surface area contributed by atoms with Crippen LogP contribution in [0.5, 0.6) is 6.01 Å². The van der Waals surface area contributed by atoms with Gasteiger partial charge in [0.2, 0.25) is 0 Å². The first-order chi connectivity index (χ1) is 9.88. The lowest BCUT2D eigenvalue weighted by Gasteiger charge is -2.15. The number of aromatic nitrogens is 3. The number of hydrogen-bond donors (Lipinski definition) is 1. The molecule has 2 rings (SSSR count). The Kier molecular flexibility index (Phi) is 4.10. The summed E-state index contributed by atoms with van der Waals surface area (Å²) in [6.07, 6.45) is -3.64. The Labute approximate surface area is 116 Å². The van der Waals surface area contributed by atoms with Crippen molar-refractivity contribution in [2.45, 2.75) is 6.18 Å². The summed E-state index contributed by atoms with van der Waals surface area (Å²) < 4.78 is 43.3. The molecule has 0 saturated heterocycles. The Morgan fingerprint density at radius 1 is 1.33 bits per heavy atom. The van der Waals surface area contributed by atoms with E-state index in [1.165, 1.54) is 11.0 Å². The molecule has 6 nitrogen and oxygen atoms in total. The number of carboxylic acids is 1. The number of aliphatic carboxylic acids is 1. The van der Waals surface area contributed by atoms with Gasteiger partial charge >= 0.3 is 18.2 Å². The molecule has 0 spiro atoms. The fourth-order valence-electron chi connectivity index (χ4n) is 1.48. The van der Waals surface area contributed by atoms with E-state index in [0.29, 0.717) is 5.69 Å². The molecule has 1 atom stereocenters. The van der Waals surface area contributed by atoms with E-state index in [0.717, 1.165) is 0 Å². The molecule has 0 saturated carbocycles. The van der Waals surface area contributed by atoms with Crippen molar-refractivity contribution in [2.75, 3.05) is 6.61 Å². The van der Waals surface area contributed by atoms with E-state index in [9.17, 15) is 18.0 Å². The van der Waals surface area contributed by atoms with E-state index < -0.39 is 24.7 Å². The Morgan fingerprint density at radius 3 is 2.57 bits per heavy atom. The van der Waals surface area contributed by atoms with Crippen LogP contribution in [0.1, 0.15) is 0 Å². The standard InChI is InChI=1S/C12H10F3N3O3/c13-12(14,15)9(10(19)20)6-21-11-16-7-18(17-11)8-4-2-1-3-5-8/h1-5,7,9H,6H2,(H,19,20). The molecule has 0 aliphatic carbocycles. The SMILES string of the molecule is O=C(O)C(COc1ncn(-c2ccccc2)n1)C(F)(F)F. The lowest BCUT2D eigenvalue weighted by atomic mass is 10.1. The van der Waals surface area contributed by atoms with Gasteiger partial charge in [0, 0.05) is 0 Å². The van der Waals surface area contributed by atoms with E-state index >= 15 is 0 Å². The highest BCUT2D eigenvalue weighted by molar-refractivity contribution is 5.71. The van der Waals surface area contributed by atoms with E-state index in [2.05, 4.69) is 10.1 Å². The predicted molar refractivity (Wildman–Crippen MR) is 64.0 cm³/mol. The predicted octanol–water partition coefficient (Wildman–Crippen LogP) is 1.91. The average molecular weight is 301 g/mol. The monoisotopic (exact) mass is 301 g/mol. The average Bonchev–Trinajstić information content (AvgIpc) is 2.87. The summed E-state index contributed by atoms with van der Waals surface area (Å²) in [6, 6.07) is 8.40. The van der Waals surface area contributed by atoms with Crippen LogP contribution in [0.4, 0.5) is 13.2 Å². The van der Waals surface area contributed by atoms with Gasteiger partial charge in [0.15, 0.2) is 5.92 Å². The van der Waals surface area contributed by atoms with Crippen LogP contribution < -0.4 is 4.74 Å². The number of ether oxygens (including phenoxy) is 1. The highest BCUT2D eigenvalue weighted by atomic mass is 19.4. The molecule has 0 amide bonds. The van der Waals surface area contributed by atoms with Crippen LogP contribution in [0.3, 0.4) is 0 Å². The molecule has 9 heteroatoms. The number of rotatable bonds is 5. The zero-order chi connectivity index (χ0) is 15.5. The van der Waals surface area contributed by atoms with Gasteiger partial charge in [0.1, 0.15) is 12.9 Å². The molecule has 1 aromatic carbocycles. The van der Waals surface area contributed by atoms with Crippen molar-refractivity contribution in [3.05, 3.63) is 36.7 Å². The maximum absolute atomic E-state index is 12.4. The fraction of sp³-hybridized carbons (Fsp3) is 0.250. The van der Waals surface area contributed by atoms with Crippen molar-refractivity contribution in [1.82, 2.24) is 14.8 Å². The van der Waals surface area contributed by atoms with Gasteiger partial charge in [-0.15, -0.1) is 5.10 Å². The third-order valence-corrected chi connectivity index (χ3v) is 2.56. The molecule has 1 heterocycles. The summed E-state index contributed by atoms with van der Waals surface area (Å²) in [5.74, 6) is -4.63. The molecule has 1 unspecified atom stereocenters. The lowest BCUT2D eigenvalue weighted by molar-refractivity contribution is -0.198. The maximum Gasteiger partial charge on any atom is 0.405 e. The molecule has 0 bridgehead atoms. The summed E-state index contributed by atoms with van der Waals surface area (Å²) in [5, 5.41) is 12.3. The normalized spacial score (nSPS) is 12.9. The molecular formula is C12H10F3N3O3. The van der Waals surface area contributed by atoms with Crippen molar-refractivity contribution >= 4 is 5.97 Å². The minimum atomic E-state index is -4.90. The second-order valence-electron chi connectivity index (χ2n) is 4.05. The molecule has 1 N–H and O–H groups in total. The number of hydrogen-bond acceptors (Lipinski definition) is 4. The lowest BCUT2D eigenvalue weighted by Crippen LogP contribution is -2.35. The summed E-state index contributed by atoms with van der Waals surface area (Å²) in [4.78, 5) is 14.2. The second-order valence-corrected chi connectivity index (χ2v) is 4.05. The number of carbonyl (C=O) groups is 1. The van der Waals surface area contributed by atoms with E-state index in [1.54, 1.807) is 30.3 Å². The van der Waals surface area contributed by atoms with Crippen molar-refractivity contribution in [3.8, 4) is 11.7 Å². The zero-order valence-corrected chi connectivity index (χ0v) is 10.5. The van der Waals surface area contributed by atoms with Crippen LogP contribution in [0.15, 0.2) is 36.7 Å². The number of halogens is 3. The molecule has 0 radical (unpaired) electrons. The zero-order valence-electron chi connectivity index (χ0n) is 10.5. The second kappa shape index (κ2) is 5.81.